The van der Waals surface area contributed by atoms with E-state index in [1.165, 1.54) is 5.56 Å². The fraction of sp³-hybridized carbons (Fsp3) is 0.174. The van der Waals surface area contributed by atoms with Crippen molar-refractivity contribution < 1.29 is 9.21 Å². The smallest absolute Gasteiger partial charge is 0.289 e. The highest BCUT2D eigenvalue weighted by Gasteiger charge is 2.21. The van der Waals surface area contributed by atoms with E-state index in [2.05, 4.69) is 24.3 Å². The predicted molar refractivity (Wildman–Crippen MR) is 106 cm³/mol. The predicted octanol–water partition coefficient (Wildman–Crippen LogP) is 5.21. The van der Waals surface area contributed by atoms with Crippen LogP contribution in [0.2, 0.25) is 0 Å². The molecule has 1 amide bonds. The number of aryl methyl sites for hydroxylation is 1. The number of nitrogens with zero attached hydrogens (tertiary/aromatic N) is 1. The summed E-state index contributed by atoms with van der Waals surface area (Å²) in [7, 11) is 1.83. The monoisotopic (exact) mass is 343 g/mol. The summed E-state index contributed by atoms with van der Waals surface area (Å²) in [5.74, 6) is 0.366. The van der Waals surface area contributed by atoms with Crippen LogP contribution in [0.25, 0.3) is 21.7 Å². The maximum Gasteiger partial charge on any atom is 0.289 e. The number of likely N-dealkylation sites (N-methyl/N-ethyl adjacent to an activating group) is 1. The normalized spacial score (nSPS) is 11.2. The number of furan rings is 1. The Hall–Kier alpha value is -3.07. The van der Waals surface area contributed by atoms with Gasteiger partial charge in [0.15, 0.2) is 5.76 Å². The molecule has 0 radical (unpaired) electrons. The van der Waals surface area contributed by atoms with Crippen molar-refractivity contribution in [2.45, 2.75) is 13.3 Å². The zero-order valence-corrected chi connectivity index (χ0v) is 15.0. The number of fused-ring (bicyclic) bond motifs is 3. The van der Waals surface area contributed by atoms with Crippen molar-refractivity contribution >= 4 is 27.6 Å². The molecule has 4 rings (SSSR count). The van der Waals surface area contributed by atoms with Crippen LogP contribution in [0.1, 0.15) is 21.7 Å². The third kappa shape index (κ3) is 2.86. The molecule has 0 unspecified atom stereocenters. The molecular formula is C23H21NO2. The summed E-state index contributed by atoms with van der Waals surface area (Å²) in [6, 6.07) is 22.4. The number of benzene rings is 3. The van der Waals surface area contributed by atoms with Crippen LogP contribution in [0, 0.1) is 6.92 Å². The van der Waals surface area contributed by atoms with Crippen LogP contribution in [0.3, 0.4) is 0 Å². The Kier molecular flexibility index (Phi) is 4.21. The van der Waals surface area contributed by atoms with E-state index in [1.807, 2.05) is 56.4 Å². The third-order valence-electron chi connectivity index (χ3n) is 4.95. The van der Waals surface area contributed by atoms with Crippen LogP contribution >= 0.6 is 0 Å². The standard InChI is InChI=1S/C23H21NO2/c1-16-19-13-12-18-10-6-7-11-20(18)22(19)26-21(16)23(25)24(2)15-14-17-8-4-3-5-9-17/h3-13H,14-15H2,1-2H3. The second kappa shape index (κ2) is 6.68. The molecule has 0 atom stereocenters. The van der Waals surface area contributed by atoms with Crippen molar-refractivity contribution in [2.24, 2.45) is 0 Å². The molecule has 0 saturated heterocycles. The second-order valence-corrected chi connectivity index (χ2v) is 6.68. The summed E-state index contributed by atoms with van der Waals surface area (Å²) in [4.78, 5) is 14.7. The highest BCUT2D eigenvalue weighted by Crippen LogP contribution is 2.32. The average Bonchev–Trinajstić information content (AvgIpc) is 3.03. The SMILES string of the molecule is Cc1c(C(=O)N(C)CCc2ccccc2)oc2c1ccc1ccccc12. The fourth-order valence-electron chi connectivity index (χ4n) is 3.37. The summed E-state index contributed by atoms with van der Waals surface area (Å²) < 4.78 is 6.06. The molecule has 0 aliphatic heterocycles. The van der Waals surface area contributed by atoms with E-state index in [9.17, 15) is 4.79 Å². The number of rotatable bonds is 4. The molecule has 0 saturated carbocycles. The van der Waals surface area contributed by atoms with Crippen molar-refractivity contribution in [3.63, 3.8) is 0 Å². The van der Waals surface area contributed by atoms with Crippen LogP contribution in [0.15, 0.2) is 71.1 Å². The maximum absolute atomic E-state index is 12.9. The van der Waals surface area contributed by atoms with E-state index < -0.39 is 0 Å². The van der Waals surface area contributed by atoms with Crippen LogP contribution in [-0.2, 0) is 6.42 Å². The zero-order chi connectivity index (χ0) is 18.1. The van der Waals surface area contributed by atoms with Crippen LogP contribution in [0.4, 0.5) is 0 Å². The van der Waals surface area contributed by atoms with E-state index in [4.69, 9.17) is 4.42 Å². The lowest BCUT2D eigenvalue weighted by Gasteiger charge is -2.16. The van der Waals surface area contributed by atoms with Gasteiger partial charge in [-0.2, -0.15) is 0 Å². The summed E-state index contributed by atoms with van der Waals surface area (Å²) >= 11 is 0. The molecule has 130 valence electrons. The lowest BCUT2D eigenvalue weighted by molar-refractivity contribution is 0.0766. The third-order valence-corrected chi connectivity index (χ3v) is 4.95. The first-order chi connectivity index (χ1) is 12.6. The summed E-state index contributed by atoms with van der Waals surface area (Å²) in [5, 5.41) is 3.16. The molecular weight excluding hydrogens is 322 g/mol. The molecule has 0 aliphatic rings. The Bertz CT molecular complexity index is 1080. The van der Waals surface area contributed by atoms with Crippen molar-refractivity contribution in [1.82, 2.24) is 4.90 Å². The Morgan fingerprint density at radius 2 is 1.65 bits per heavy atom. The van der Waals surface area contributed by atoms with E-state index in [-0.39, 0.29) is 5.91 Å². The molecule has 1 aromatic heterocycles. The van der Waals surface area contributed by atoms with Gasteiger partial charge in [-0.15, -0.1) is 0 Å². The van der Waals surface area contributed by atoms with Crippen LogP contribution in [-0.4, -0.2) is 24.4 Å². The van der Waals surface area contributed by atoms with Crippen molar-refractivity contribution in [1.29, 1.82) is 0 Å². The van der Waals surface area contributed by atoms with Crippen molar-refractivity contribution in [2.75, 3.05) is 13.6 Å². The van der Waals surface area contributed by atoms with Crippen molar-refractivity contribution in [3.05, 3.63) is 83.6 Å². The molecule has 3 heteroatoms. The molecule has 4 aromatic rings. The molecule has 3 nitrogen and oxygen atoms in total. The highest BCUT2D eigenvalue weighted by molar-refractivity contribution is 6.08. The fourth-order valence-corrected chi connectivity index (χ4v) is 3.37. The molecule has 0 spiro atoms. The molecule has 3 aromatic carbocycles. The van der Waals surface area contributed by atoms with Gasteiger partial charge >= 0.3 is 0 Å². The average molecular weight is 343 g/mol. The number of amides is 1. The van der Waals surface area contributed by atoms with Gasteiger partial charge in [0.25, 0.3) is 5.91 Å². The Morgan fingerprint density at radius 3 is 2.46 bits per heavy atom. The Morgan fingerprint density at radius 1 is 0.923 bits per heavy atom. The lowest BCUT2D eigenvalue weighted by atomic mass is 10.1. The molecule has 0 fully saturated rings. The van der Waals surface area contributed by atoms with Gasteiger partial charge in [-0.25, -0.2) is 0 Å². The van der Waals surface area contributed by atoms with Crippen LogP contribution < -0.4 is 0 Å². The zero-order valence-electron chi connectivity index (χ0n) is 15.0. The topological polar surface area (TPSA) is 33.5 Å². The second-order valence-electron chi connectivity index (χ2n) is 6.68. The summed E-state index contributed by atoms with van der Waals surface area (Å²) in [6.07, 6.45) is 0.825. The number of carbonyl (C=O) groups excluding carboxylic acids is 1. The molecule has 26 heavy (non-hydrogen) atoms. The van der Waals surface area contributed by atoms with Crippen LogP contribution in [0.5, 0.6) is 0 Å². The molecule has 0 N–H and O–H groups in total. The van der Waals surface area contributed by atoms with Gasteiger partial charge < -0.3 is 9.32 Å². The minimum absolute atomic E-state index is 0.0706. The quantitative estimate of drug-likeness (QED) is 0.510. The van der Waals surface area contributed by atoms with Gasteiger partial charge in [0.1, 0.15) is 5.58 Å². The van der Waals surface area contributed by atoms with Gasteiger partial charge in [-0.1, -0.05) is 66.7 Å². The Labute approximate surface area is 152 Å². The number of carbonyl (C=O) groups is 1. The maximum atomic E-state index is 12.9. The van der Waals surface area contributed by atoms with E-state index in [0.717, 1.165) is 33.7 Å². The number of hydrogen-bond acceptors (Lipinski definition) is 2. The lowest BCUT2D eigenvalue weighted by Crippen LogP contribution is -2.29. The van der Waals surface area contributed by atoms with Crippen molar-refractivity contribution in [3.8, 4) is 0 Å². The Balaban J connectivity index is 1.64. The first-order valence-electron chi connectivity index (χ1n) is 8.85. The van der Waals surface area contributed by atoms with E-state index >= 15 is 0 Å². The summed E-state index contributed by atoms with van der Waals surface area (Å²) in [6.45, 7) is 2.61. The van der Waals surface area contributed by atoms with E-state index in [0.29, 0.717) is 12.3 Å². The molecule has 0 aliphatic carbocycles. The summed E-state index contributed by atoms with van der Waals surface area (Å²) in [5.41, 5.74) is 2.92. The van der Waals surface area contributed by atoms with Gasteiger partial charge in [0, 0.05) is 29.9 Å². The van der Waals surface area contributed by atoms with E-state index in [1.54, 1.807) is 4.90 Å². The molecule has 0 bridgehead atoms. The highest BCUT2D eigenvalue weighted by atomic mass is 16.3. The van der Waals surface area contributed by atoms with Gasteiger partial charge in [0.05, 0.1) is 0 Å². The van der Waals surface area contributed by atoms with Gasteiger partial charge in [-0.05, 0) is 24.3 Å². The minimum Gasteiger partial charge on any atom is -0.450 e. The molecule has 1 heterocycles. The number of hydrogen-bond donors (Lipinski definition) is 0. The first-order valence-corrected chi connectivity index (χ1v) is 8.85. The largest absolute Gasteiger partial charge is 0.450 e. The first kappa shape index (κ1) is 16.4. The van der Waals surface area contributed by atoms with Gasteiger partial charge in [0.2, 0.25) is 0 Å². The minimum atomic E-state index is -0.0706. The van der Waals surface area contributed by atoms with Gasteiger partial charge in [-0.3, -0.25) is 4.79 Å².